The molecule has 0 spiro atoms. The maximum absolute atomic E-state index is 9.77. The fourth-order valence-electron chi connectivity index (χ4n) is 3.07. The van der Waals surface area contributed by atoms with Crippen LogP contribution in [0.15, 0.2) is 30.0 Å². The normalized spacial score (nSPS) is 21.5. The molecule has 0 radical (unpaired) electrons. The average Bonchev–Trinajstić information content (AvgIpc) is 2.94. The van der Waals surface area contributed by atoms with Gasteiger partial charge in [0.1, 0.15) is 6.17 Å². The summed E-state index contributed by atoms with van der Waals surface area (Å²) in [7, 11) is 0. The van der Waals surface area contributed by atoms with Gasteiger partial charge in [0.2, 0.25) is 0 Å². The number of aryl methyl sites for hydroxylation is 2. The number of hydrazine groups is 1. The fraction of sp³-hybridized carbons (Fsp3) is 0.556. The molecule has 2 aliphatic rings. The van der Waals surface area contributed by atoms with Gasteiger partial charge in [0, 0.05) is 11.9 Å². The Morgan fingerprint density at radius 2 is 1.83 bits per heavy atom. The molecular formula is C18H30N4O. The second kappa shape index (κ2) is 8.34. The molecule has 1 saturated heterocycles. The second-order valence-corrected chi connectivity index (χ2v) is 6.00. The summed E-state index contributed by atoms with van der Waals surface area (Å²) in [6, 6.07) is 6.36. The molecule has 1 fully saturated rings. The molecule has 1 aromatic rings. The van der Waals surface area contributed by atoms with Gasteiger partial charge in [0.05, 0.1) is 0 Å². The number of rotatable bonds is 3. The Hall–Kier alpha value is -1.56. The number of hydrogen-bond donors (Lipinski definition) is 4. The van der Waals surface area contributed by atoms with Crippen LogP contribution in [0.4, 0.5) is 5.69 Å². The van der Waals surface area contributed by atoms with Gasteiger partial charge in [-0.2, -0.15) is 10.6 Å². The van der Waals surface area contributed by atoms with Crippen LogP contribution >= 0.6 is 0 Å². The number of hydroxylamine groups is 1. The van der Waals surface area contributed by atoms with Crippen molar-refractivity contribution in [3.8, 4) is 0 Å². The van der Waals surface area contributed by atoms with Crippen LogP contribution < -0.4 is 16.1 Å². The highest BCUT2D eigenvalue weighted by molar-refractivity contribution is 5.50. The summed E-state index contributed by atoms with van der Waals surface area (Å²) in [4.78, 5) is 0. The topological polar surface area (TPSA) is 59.6 Å². The summed E-state index contributed by atoms with van der Waals surface area (Å²) < 4.78 is 0. The molecular weight excluding hydrogens is 288 g/mol. The molecule has 1 unspecified atom stereocenters. The van der Waals surface area contributed by atoms with E-state index in [0.29, 0.717) is 5.92 Å². The lowest BCUT2D eigenvalue weighted by atomic mass is 9.89. The van der Waals surface area contributed by atoms with Crippen molar-refractivity contribution in [3.05, 3.63) is 41.1 Å². The summed E-state index contributed by atoms with van der Waals surface area (Å²) in [5.41, 5.74) is 7.92. The van der Waals surface area contributed by atoms with E-state index in [1.54, 1.807) is 0 Å². The minimum absolute atomic E-state index is 0.0415. The first-order chi connectivity index (χ1) is 11.1. The van der Waals surface area contributed by atoms with Gasteiger partial charge >= 0.3 is 0 Å². The van der Waals surface area contributed by atoms with Crippen molar-refractivity contribution >= 4 is 5.69 Å². The lowest BCUT2D eigenvalue weighted by Gasteiger charge is -2.28. The van der Waals surface area contributed by atoms with E-state index in [4.69, 9.17) is 0 Å². The standard InChI is InChI=1S/C16H24N4O.C2H6/c1-11-3-4-14(9-12(11)2)18-16-15(10-20(21)19-16)13-5-7-17-8-6-13;1-2/h3-4,9-10,13,16-19,21H,5-8H2,1-2H3;1-2H3. The number of nitrogens with one attached hydrogen (secondary N) is 3. The van der Waals surface area contributed by atoms with Gasteiger partial charge in [-0.3, -0.25) is 5.21 Å². The molecule has 3 rings (SSSR count). The van der Waals surface area contributed by atoms with E-state index in [1.165, 1.54) is 16.7 Å². The van der Waals surface area contributed by atoms with Crippen molar-refractivity contribution in [3.63, 3.8) is 0 Å². The maximum atomic E-state index is 9.77. The molecule has 0 bridgehead atoms. The zero-order chi connectivity index (χ0) is 16.8. The molecule has 0 amide bonds. The molecule has 0 saturated carbocycles. The van der Waals surface area contributed by atoms with Crippen LogP contribution in [-0.2, 0) is 0 Å². The van der Waals surface area contributed by atoms with E-state index in [2.05, 4.69) is 48.1 Å². The zero-order valence-electron chi connectivity index (χ0n) is 14.7. The summed E-state index contributed by atoms with van der Waals surface area (Å²) in [6.45, 7) is 10.3. The maximum Gasteiger partial charge on any atom is 0.121 e. The number of nitrogens with zero attached hydrogens (tertiary/aromatic N) is 1. The van der Waals surface area contributed by atoms with Gasteiger partial charge in [-0.15, -0.1) is 0 Å². The Morgan fingerprint density at radius 1 is 1.13 bits per heavy atom. The van der Waals surface area contributed by atoms with Crippen molar-refractivity contribution in [1.82, 2.24) is 15.9 Å². The SMILES string of the molecule is CC.Cc1ccc(NC2NN(O)C=C2C2CCNCC2)cc1C. The molecule has 128 valence electrons. The van der Waals surface area contributed by atoms with E-state index in [9.17, 15) is 5.21 Å². The molecule has 4 N–H and O–H groups in total. The molecule has 2 aliphatic heterocycles. The first kappa shape index (κ1) is 17.8. The summed E-state index contributed by atoms with van der Waals surface area (Å²) in [6.07, 6.45) is 4.01. The first-order valence-electron chi connectivity index (χ1n) is 8.64. The third-order valence-corrected chi connectivity index (χ3v) is 4.49. The van der Waals surface area contributed by atoms with Gasteiger partial charge in [-0.05, 0) is 74.5 Å². The number of piperidine rings is 1. The summed E-state index contributed by atoms with van der Waals surface area (Å²) >= 11 is 0. The highest BCUT2D eigenvalue weighted by Crippen LogP contribution is 2.28. The van der Waals surface area contributed by atoms with Crippen LogP contribution in [0, 0.1) is 19.8 Å². The lowest BCUT2D eigenvalue weighted by Crippen LogP contribution is -2.41. The minimum Gasteiger partial charge on any atom is -0.365 e. The van der Waals surface area contributed by atoms with Crippen molar-refractivity contribution in [2.24, 2.45) is 5.92 Å². The molecule has 1 atom stereocenters. The van der Waals surface area contributed by atoms with Gasteiger partial charge in [0.15, 0.2) is 0 Å². The van der Waals surface area contributed by atoms with Crippen LogP contribution in [0.25, 0.3) is 0 Å². The van der Waals surface area contributed by atoms with Gasteiger partial charge < -0.3 is 10.6 Å². The van der Waals surface area contributed by atoms with E-state index in [0.717, 1.165) is 36.8 Å². The van der Waals surface area contributed by atoms with Crippen molar-refractivity contribution < 1.29 is 5.21 Å². The van der Waals surface area contributed by atoms with Crippen LogP contribution in [-0.4, -0.2) is 29.6 Å². The van der Waals surface area contributed by atoms with Crippen LogP contribution in [0.3, 0.4) is 0 Å². The Kier molecular flexibility index (Phi) is 6.45. The van der Waals surface area contributed by atoms with E-state index >= 15 is 0 Å². The molecule has 5 heteroatoms. The lowest BCUT2D eigenvalue weighted by molar-refractivity contribution is -0.0822. The largest absolute Gasteiger partial charge is 0.365 e. The Labute approximate surface area is 139 Å². The third kappa shape index (κ3) is 4.47. The van der Waals surface area contributed by atoms with E-state index < -0.39 is 0 Å². The van der Waals surface area contributed by atoms with Gasteiger partial charge in [-0.1, -0.05) is 19.9 Å². The molecule has 2 heterocycles. The average molecular weight is 318 g/mol. The Bertz CT molecular complexity index is 538. The third-order valence-electron chi connectivity index (χ3n) is 4.49. The number of benzene rings is 1. The highest BCUT2D eigenvalue weighted by atomic mass is 16.5. The number of hydrogen-bond acceptors (Lipinski definition) is 5. The molecule has 23 heavy (non-hydrogen) atoms. The van der Waals surface area contributed by atoms with Crippen LogP contribution in [0.1, 0.15) is 37.8 Å². The fourth-order valence-corrected chi connectivity index (χ4v) is 3.07. The minimum atomic E-state index is -0.0415. The monoisotopic (exact) mass is 318 g/mol. The predicted octanol–water partition coefficient (Wildman–Crippen LogP) is 3.16. The Balaban J connectivity index is 0.000000924. The summed E-state index contributed by atoms with van der Waals surface area (Å²) in [5.74, 6) is 0.514. The molecule has 5 nitrogen and oxygen atoms in total. The smallest absolute Gasteiger partial charge is 0.121 e. The molecule has 0 aromatic heterocycles. The highest BCUT2D eigenvalue weighted by Gasteiger charge is 2.30. The molecule has 1 aromatic carbocycles. The van der Waals surface area contributed by atoms with E-state index in [-0.39, 0.29) is 6.17 Å². The number of anilines is 1. The predicted molar refractivity (Wildman–Crippen MR) is 95.1 cm³/mol. The quantitative estimate of drug-likeness (QED) is 0.690. The van der Waals surface area contributed by atoms with Gasteiger partial charge in [-0.25, -0.2) is 0 Å². The van der Waals surface area contributed by atoms with Gasteiger partial charge in [0.25, 0.3) is 0 Å². The summed E-state index contributed by atoms with van der Waals surface area (Å²) in [5, 5.41) is 17.7. The van der Waals surface area contributed by atoms with Crippen molar-refractivity contribution in [2.45, 2.75) is 46.7 Å². The van der Waals surface area contributed by atoms with E-state index in [1.807, 2.05) is 20.0 Å². The van der Waals surface area contributed by atoms with Crippen LogP contribution in [0.5, 0.6) is 0 Å². The van der Waals surface area contributed by atoms with Crippen molar-refractivity contribution in [1.29, 1.82) is 0 Å². The van der Waals surface area contributed by atoms with Crippen molar-refractivity contribution in [2.75, 3.05) is 18.4 Å². The zero-order valence-corrected chi connectivity index (χ0v) is 14.7. The Morgan fingerprint density at radius 3 is 2.48 bits per heavy atom. The molecule has 0 aliphatic carbocycles. The first-order valence-corrected chi connectivity index (χ1v) is 8.64. The van der Waals surface area contributed by atoms with Crippen LogP contribution in [0.2, 0.25) is 0 Å². The second-order valence-electron chi connectivity index (χ2n) is 6.00.